The van der Waals surface area contributed by atoms with E-state index < -0.39 is 0 Å². The van der Waals surface area contributed by atoms with Crippen molar-refractivity contribution in [2.75, 3.05) is 0 Å². The Morgan fingerprint density at radius 3 is 2.61 bits per heavy atom. The third-order valence-electron chi connectivity index (χ3n) is 3.93. The van der Waals surface area contributed by atoms with E-state index in [2.05, 4.69) is 51.8 Å². The summed E-state index contributed by atoms with van der Waals surface area (Å²) in [6.07, 6.45) is 0. The van der Waals surface area contributed by atoms with E-state index in [1.165, 1.54) is 0 Å². The average molecular weight is 313 g/mol. The molecule has 122 valence electrons. The Labute approximate surface area is 135 Å². The van der Waals surface area contributed by atoms with Crippen LogP contribution in [0, 0.1) is 0 Å². The molecule has 0 spiro atoms. The van der Waals surface area contributed by atoms with E-state index in [1.807, 2.05) is 32.2 Å². The fourth-order valence-electron chi connectivity index (χ4n) is 2.40. The van der Waals surface area contributed by atoms with Crippen LogP contribution < -0.4 is 5.32 Å². The summed E-state index contributed by atoms with van der Waals surface area (Å²) in [6.45, 7) is 8.86. The van der Waals surface area contributed by atoms with Crippen molar-refractivity contribution in [2.45, 2.75) is 45.7 Å². The third kappa shape index (κ3) is 3.12. The third-order valence-corrected chi connectivity index (χ3v) is 3.93. The van der Waals surface area contributed by atoms with Crippen molar-refractivity contribution in [3.8, 4) is 0 Å². The number of benzene rings is 1. The lowest BCUT2D eigenvalue weighted by Gasteiger charge is -2.12. The molecule has 23 heavy (non-hydrogen) atoms. The van der Waals surface area contributed by atoms with Gasteiger partial charge in [-0.3, -0.25) is 5.32 Å². The average Bonchev–Trinajstić information content (AvgIpc) is 3.11. The van der Waals surface area contributed by atoms with Crippen LogP contribution in [0.1, 0.15) is 51.3 Å². The summed E-state index contributed by atoms with van der Waals surface area (Å²) >= 11 is 0. The summed E-state index contributed by atoms with van der Waals surface area (Å²) in [5, 5.41) is 7.47. The van der Waals surface area contributed by atoms with Gasteiger partial charge in [-0.05, 0) is 19.1 Å². The number of hydrogen-bond acceptors (Lipinski definition) is 5. The van der Waals surface area contributed by atoms with Crippen LogP contribution in [0.4, 0.5) is 0 Å². The van der Waals surface area contributed by atoms with Crippen molar-refractivity contribution >= 4 is 11.0 Å². The summed E-state index contributed by atoms with van der Waals surface area (Å²) < 4.78 is 7.48. The van der Waals surface area contributed by atoms with Crippen molar-refractivity contribution in [1.82, 2.24) is 25.0 Å². The number of nitrogens with one attached hydrogen (secondary N) is 1. The lowest BCUT2D eigenvalue weighted by atomic mass is 9.96. The van der Waals surface area contributed by atoms with Gasteiger partial charge in [0.1, 0.15) is 5.82 Å². The first kappa shape index (κ1) is 15.7. The maximum atomic E-state index is 5.38. The van der Waals surface area contributed by atoms with Gasteiger partial charge in [0.2, 0.25) is 5.89 Å². The zero-order valence-electron chi connectivity index (χ0n) is 14.3. The van der Waals surface area contributed by atoms with Crippen molar-refractivity contribution in [2.24, 2.45) is 7.05 Å². The molecule has 0 aliphatic heterocycles. The van der Waals surface area contributed by atoms with Crippen molar-refractivity contribution in [1.29, 1.82) is 0 Å². The highest BCUT2D eigenvalue weighted by atomic mass is 16.5. The molecule has 0 fully saturated rings. The fraction of sp³-hybridized carbons (Fsp3) is 0.471. The molecule has 0 saturated heterocycles. The van der Waals surface area contributed by atoms with Crippen LogP contribution in [0.25, 0.3) is 11.0 Å². The molecule has 6 heteroatoms. The fourth-order valence-corrected chi connectivity index (χ4v) is 2.40. The van der Waals surface area contributed by atoms with Crippen molar-refractivity contribution < 1.29 is 4.52 Å². The number of nitrogens with zero attached hydrogens (tertiary/aromatic N) is 4. The van der Waals surface area contributed by atoms with Gasteiger partial charge in [0.15, 0.2) is 5.82 Å². The molecule has 2 heterocycles. The number of rotatable bonds is 4. The molecule has 3 rings (SSSR count). The predicted octanol–water partition coefficient (Wildman–Crippen LogP) is 3.10. The Morgan fingerprint density at radius 2 is 1.96 bits per heavy atom. The molecule has 2 aromatic heterocycles. The monoisotopic (exact) mass is 313 g/mol. The van der Waals surface area contributed by atoms with Crippen molar-refractivity contribution in [3.05, 3.63) is 41.8 Å². The summed E-state index contributed by atoms with van der Waals surface area (Å²) in [5.74, 6) is 2.31. The summed E-state index contributed by atoms with van der Waals surface area (Å²) in [5.41, 5.74) is 2.02. The Bertz CT molecular complexity index is 812. The second-order valence-electron chi connectivity index (χ2n) is 6.88. The highest BCUT2D eigenvalue weighted by molar-refractivity contribution is 5.75. The molecule has 0 saturated carbocycles. The molecule has 1 aromatic carbocycles. The first-order valence-corrected chi connectivity index (χ1v) is 7.84. The normalized spacial score (nSPS) is 13.6. The number of fused-ring (bicyclic) bond motifs is 1. The molecule has 0 radical (unpaired) electrons. The number of aryl methyl sites for hydroxylation is 1. The lowest BCUT2D eigenvalue weighted by molar-refractivity contribution is 0.329. The maximum Gasteiger partial charge on any atom is 0.243 e. The van der Waals surface area contributed by atoms with Gasteiger partial charge < -0.3 is 9.09 Å². The minimum absolute atomic E-state index is 0.0292. The van der Waals surface area contributed by atoms with Crippen LogP contribution in [-0.4, -0.2) is 19.7 Å². The molecule has 1 unspecified atom stereocenters. The van der Waals surface area contributed by atoms with E-state index in [0.29, 0.717) is 12.4 Å². The molecule has 3 aromatic rings. The van der Waals surface area contributed by atoms with Crippen LogP contribution in [-0.2, 0) is 19.0 Å². The summed E-state index contributed by atoms with van der Waals surface area (Å²) in [6, 6.07) is 8.09. The van der Waals surface area contributed by atoms with Crippen LogP contribution in [0.2, 0.25) is 0 Å². The number of hydrogen-bond donors (Lipinski definition) is 1. The Hall–Kier alpha value is -2.21. The SMILES string of the molecule is CC(NCc1nc2ccccc2n1C)c1nc(C(C)(C)C)no1. The molecule has 0 amide bonds. The molecule has 1 atom stereocenters. The van der Waals surface area contributed by atoms with Gasteiger partial charge >= 0.3 is 0 Å². The van der Waals surface area contributed by atoms with E-state index in [4.69, 9.17) is 4.52 Å². The largest absolute Gasteiger partial charge is 0.338 e. The van der Waals surface area contributed by atoms with E-state index in [-0.39, 0.29) is 11.5 Å². The van der Waals surface area contributed by atoms with E-state index >= 15 is 0 Å². The first-order chi connectivity index (χ1) is 10.9. The second-order valence-corrected chi connectivity index (χ2v) is 6.88. The van der Waals surface area contributed by atoms with Crippen LogP contribution in [0.3, 0.4) is 0 Å². The zero-order chi connectivity index (χ0) is 16.6. The maximum absolute atomic E-state index is 5.38. The van der Waals surface area contributed by atoms with Gasteiger partial charge in [-0.1, -0.05) is 38.1 Å². The Morgan fingerprint density at radius 1 is 1.22 bits per heavy atom. The second kappa shape index (κ2) is 5.77. The quantitative estimate of drug-likeness (QED) is 0.801. The number of para-hydroxylation sites is 2. The Kier molecular flexibility index (Phi) is 3.93. The predicted molar refractivity (Wildman–Crippen MR) is 89.0 cm³/mol. The molecule has 6 nitrogen and oxygen atoms in total. The van der Waals surface area contributed by atoms with E-state index in [1.54, 1.807) is 0 Å². The standard InChI is InChI=1S/C17H23N5O/c1-11(15-20-16(21-23-15)17(2,3)4)18-10-14-19-12-8-6-7-9-13(12)22(14)5/h6-9,11,18H,10H2,1-5H3. The molecular formula is C17H23N5O. The van der Waals surface area contributed by atoms with Gasteiger partial charge in [0, 0.05) is 12.5 Å². The van der Waals surface area contributed by atoms with Crippen LogP contribution >= 0.6 is 0 Å². The number of imidazole rings is 1. The van der Waals surface area contributed by atoms with Gasteiger partial charge in [-0.2, -0.15) is 4.98 Å². The summed E-state index contributed by atoms with van der Waals surface area (Å²) in [7, 11) is 2.03. The van der Waals surface area contributed by atoms with E-state index in [0.717, 1.165) is 22.7 Å². The number of aromatic nitrogens is 4. The van der Waals surface area contributed by atoms with Gasteiger partial charge in [-0.25, -0.2) is 4.98 Å². The van der Waals surface area contributed by atoms with Gasteiger partial charge in [0.25, 0.3) is 0 Å². The smallest absolute Gasteiger partial charge is 0.243 e. The van der Waals surface area contributed by atoms with Gasteiger partial charge in [0.05, 0.1) is 23.6 Å². The molecule has 1 N–H and O–H groups in total. The molecular weight excluding hydrogens is 290 g/mol. The van der Waals surface area contributed by atoms with E-state index in [9.17, 15) is 0 Å². The minimum atomic E-state index is -0.112. The molecule has 0 bridgehead atoms. The minimum Gasteiger partial charge on any atom is -0.338 e. The Balaban J connectivity index is 1.72. The van der Waals surface area contributed by atoms with Gasteiger partial charge in [-0.15, -0.1) is 0 Å². The summed E-state index contributed by atoms with van der Waals surface area (Å²) in [4.78, 5) is 9.15. The van der Waals surface area contributed by atoms with Crippen LogP contribution in [0.15, 0.2) is 28.8 Å². The highest BCUT2D eigenvalue weighted by Gasteiger charge is 2.23. The first-order valence-electron chi connectivity index (χ1n) is 7.84. The highest BCUT2D eigenvalue weighted by Crippen LogP contribution is 2.21. The molecule has 0 aliphatic rings. The van der Waals surface area contributed by atoms with Crippen LogP contribution in [0.5, 0.6) is 0 Å². The zero-order valence-corrected chi connectivity index (χ0v) is 14.3. The topological polar surface area (TPSA) is 68.8 Å². The molecule has 0 aliphatic carbocycles. The lowest BCUT2D eigenvalue weighted by Crippen LogP contribution is -2.21. The van der Waals surface area contributed by atoms with Crippen molar-refractivity contribution in [3.63, 3.8) is 0 Å².